The fourth-order valence-electron chi connectivity index (χ4n) is 7.08. The maximum absolute atomic E-state index is 13.2. The van der Waals surface area contributed by atoms with Crippen LogP contribution in [-0.2, 0) is 28.0 Å². The highest BCUT2D eigenvalue weighted by Crippen LogP contribution is 2.40. The van der Waals surface area contributed by atoms with Gasteiger partial charge in [0.25, 0.3) is 0 Å². The summed E-state index contributed by atoms with van der Waals surface area (Å²) in [5.74, 6) is -0.148. The monoisotopic (exact) mass is 730 g/mol. The van der Waals surface area contributed by atoms with Crippen molar-refractivity contribution in [3.05, 3.63) is 179 Å². The van der Waals surface area contributed by atoms with Crippen LogP contribution in [0.5, 0.6) is 0 Å². The molecule has 10 nitrogen and oxygen atoms in total. The summed E-state index contributed by atoms with van der Waals surface area (Å²) < 4.78 is 12.4. The van der Waals surface area contributed by atoms with Gasteiger partial charge in [0.15, 0.2) is 16.9 Å². The molecule has 0 radical (unpaired) electrons. The fourth-order valence-corrected chi connectivity index (χ4v) is 7.08. The SMILES string of the molecule is CCCc1nc(C(=O)OCC)c(C(=O)OCC)n1Cc1ccc(-c2ccccc2-c2nnn(C(c3ccccc3)(c3ccccc3)c3ccccc3)n2)cc1. The second kappa shape index (κ2) is 16.6. The highest BCUT2D eigenvalue weighted by molar-refractivity contribution is 6.01. The molecule has 10 heteroatoms. The van der Waals surface area contributed by atoms with Crippen molar-refractivity contribution in [3.8, 4) is 22.5 Å². The average Bonchev–Trinajstić information content (AvgIpc) is 3.86. The molecule has 0 N–H and O–H groups in total. The van der Waals surface area contributed by atoms with Gasteiger partial charge in [0.05, 0.1) is 13.2 Å². The number of esters is 2. The fraction of sp³-hybridized carbons (Fsp3) is 0.200. The number of rotatable bonds is 14. The molecular formula is C45H42N6O4. The van der Waals surface area contributed by atoms with Gasteiger partial charge in [-0.15, -0.1) is 15.0 Å². The zero-order chi connectivity index (χ0) is 38.2. The Morgan fingerprint density at radius 1 is 0.636 bits per heavy atom. The van der Waals surface area contributed by atoms with Crippen LogP contribution in [0.15, 0.2) is 140 Å². The number of nitrogens with zero attached hydrogens (tertiary/aromatic N) is 6. The Balaban J connectivity index is 1.27. The zero-order valence-electron chi connectivity index (χ0n) is 31.1. The summed E-state index contributed by atoms with van der Waals surface area (Å²) in [4.78, 5) is 32.4. The Morgan fingerprint density at radius 3 is 1.71 bits per heavy atom. The molecule has 0 unspecified atom stereocenters. The van der Waals surface area contributed by atoms with Crippen molar-refractivity contribution >= 4 is 11.9 Å². The van der Waals surface area contributed by atoms with Gasteiger partial charge in [-0.3, -0.25) is 0 Å². The molecule has 0 spiro atoms. The van der Waals surface area contributed by atoms with E-state index in [0.717, 1.165) is 45.4 Å². The minimum atomic E-state index is -0.898. The molecule has 0 saturated heterocycles. The molecule has 0 bridgehead atoms. The van der Waals surface area contributed by atoms with E-state index in [-0.39, 0.29) is 24.6 Å². The van der Waals surface area contributed by atoms with Crippen LogP contribution in [-0.4, -0.2) is 54.9 Å². The first kappa shape index (κ1) is 36.7. The van der Waals surface area contributed by atoms with E-state index in [1.165, 1.54) is 0 Å². The molecule has 0 fully saturated rings. The van der Waals surface area contributed by atoms with Crippen molar-refractivity contribution in [2.75, 3.05) is 13.2 Å². The Bertz CT molecular complexity index is 2280. The first-order valence-corrected chi connectivity index (χ1v) is 18.6. The quantitative estimate of drug-likeness (QED) is 0.0810. The lowest BCUT2D eigenvalue weighted by Gasteiger charge is -2.34. The lowest BCUT2D eigenvalue weighted by Crippen LogP contribution is -2.39. The van der Waals surface area contributed by atoms with Gasteiger partial charge in [-0.25, -0.2) is 14.6 Å². The number of hydrogen-bond acceptors (Lipinski definition) is 8. The third kappa shape index (κ3) is 7.18. The Labute approximate surface area is 320 Å². The summed E-state index contributed by atoms with van der Waals surface area (Å²) in [5, 5.41) is 14.6. The van der Waals surface area contributed by atoms with Gasteiger partial charge < -0.3 is 14.0 Å². The summed E-state index contributed by atoms with van der Waals surface area (Å²) in [6.07, 6.45) is 1.35. The molecule has 276 valence electrons. The van der Waals surface area contributed by atoms with Gasteiger partial charge in [0.1, 0.15) is 5.82 Å². The van der Waals surface area contributed by atoms with E-state index in [1.54, 1.807) is 23.2 Å². The highest BCUT2D eigenvalue weighted by atomic mass is 16.5. The normalized spacial score (nSPS) is 11.3. The predicted molar refractivity (Wildman–Crippen MR) is 211 cm³/mol. The lowest BCUT2D eigenvalue weighted by molar-refractivity contribution is 0.0467. The van der Waals surface area contributed by atoms with Crippen molar-refractivity contribution in [3.63, 3.8) is 0 Å². The van der Waals surface area contributed by atoms with Crippen LogP contribution in [0, 0.1) is 0 Å². The molecule has 7 aromatic rings. The maximum Gasteiger partial charge on any atom is 0.359 e. The number of ether oxygens (including phenoxy) is 2. The van der Waals surface area contributed by atoms with Crippen molar-refractivity contribution in [1.82, 2.24) is 29.8 Å². The number of carbonyl (C=O) groups is 2. The van der Waals surface area contributed by atoms with E-state index in [0.29, 0.717) is 24.6 Å². The Morgan fingerprint density at radius 2 is 1.16 bits per heavy atom. The van der Waals surface area contributed by atoms with Crippen molar-refractivity contribution in [2.45, 2.75) is 45.7 Å². The number of carbonyl (C=O) groups excluding carboxylic acids is 2. The molecule has 5 aromatic carbocycles. The van der Waals surface area contributed by atoms with E-state index in [4.69, 9.17) is 24.9 Å². The van der Waals surface area contributed by atoms with Gasteiger partial charge in [0.2, 0.25) is 5.82 Å². The average molecular weight is 731 g/mol. The van der Waals surface area contributed by atoms with Crippen LogP contribution in [0.4, 0.5) is 0 Å². The molecule has 0 aliphatic carbocycles. The van der Waals surface area contributed by atoms with Crippen LogP contribution < -0.4 is 0 Å². The molecule has 0 saturated carbocycles. The van der Waals surface area contributed by atoms with Crippen LogP contribution in [0.25, 0.3) is 22.5 Å². The van der Waals surface area contributed by atoms with Gasteiger partial charge in [-0.05, 0) is 58.9 Å². The third-order valence-corrected chi connectivity index (χ3v) is 9.52. The minimum Gasteiger partial charge on any atom is -0.461 e. The number of benzene rings is 5. The molecule has 0 aliphatic rings. The van der Waals surface area contributed by atoms with E-state index in [1.807, 2.05) is 110 Å². The minimum absolute atomic E-state index is 0.0225. The third-order valence-electron chi connectivity index (χ3n) is 9.52. The molecule has 2 aromatic heterocycles. The standard InChI is InChI=1S/C45H42N6O4/c1-4-18-39-46-40(43(52)54-5-2)41(44(53)55-6-3)50(39)31-32-27-29-33(30-28-32)37-25-16-17-26-38(37)42-47-49-51(48-42)45(34-19-10-7-11-20-34,35-21-12-8-13-22-35)36-23-14-9-15-24-36/h7-17,19-30H,4-6,18,31H2,1-3H3. The molecule has 0 aliphatic heterocycles. The first-order valence-electron chi connectivity index (χ1n) is 18.6. The van der Waals surface area contributed by atoms with E-state index >= 15 is 0 Å². The second-order valence-electron chi connectivity index (χ2n) is 13.0. The molecule has 55 heavy (non-hydrogen) atoms. The van der Waals surface area contributed by atoms with Crippen LogP contribution >= 0.6 is 0 Å². The summed E-state index contributed by atoms with van der Waals surface area (Å²) in [6.45, 7) is 6.12. The topological polar surface area (TPSA) is 114 Å². The van der Waals surface area contributed by atoms with Gasteiger partial charge in [-0.1, -0.05) is 146 Å². The van der Waals surface area contributed by atoms with Crippen LogP contribution in [0.1, 0.15) is 76.2 Å². The van der Waals surface area contributed by atoms with E-state index < -0.39 is 17.5 Å². The molecule has 0 amide bonds. The van der Waals surface area contributed by atoms with Gasteiger partial charge in [-0.2, -0.15) is 0 Å². The van der Waals surface area contributed by atoms with Crippen molar-refractivity contribution < 1.29 is 19.1 Å². The number of imidazole rings is 1. The second-order valence-corrected chi connectivity index (χ2v) is 13.0. The van der Waals surface area contributed by atoms with Gasteiger partial charge in [0, 0.05) is 18.5 Å². The number of aromatic nitrogens is 6. The highest BCUT2D eigenvalue weighted by Gasteiger charge is 2.41. The van der Waals surface area contributed by atoms with Crippen molar-refractivity contribution in [2.24, 2.45) is 0 Å². The summed E-state index contributed by atoms with van der Waals surface area (Å²) >= 11 is 0. The summed E-state index contributed by atoms with van der Waals surface area (Å²) in [5.41, 5.74) is 5.81. The van der Waals surface area contributed by atoms with Crippen LogP contribution in [0.2, 0.25) is 0 Å². The van der Waals surface area contributed by atoms with Gasteiger partial charge >= 0.3 is 11.9 Å². The summed E-state index contributed by atoms with van der Waals surface area (Å²) in [6, 6.07) is 46.9. The largest absolute Gasteiger partial charge is 0.461 e. The number of tetrazole rings is 1. The number of hydrogen-bond donors (Lipinski definition) is 0. The molecular weight excluding hydrogens is 689 g/mol. The van der Waals surface area contributed by atoms with Crippen LogP contribution in [0.3, 0.4) is 0 Å². The first-order chi connectivity index (χ1) is 27.0. The van der Waals surface area contributed by atoms with E-state index in [9.17, 15) is 9.59 Å². The Hall–Kier alpha value is -6.68. The molecule has 7 rings (SSSR count). The summed E-state index contributed by atoms with van der Waals surface area (Å²) in [7, 11) is 0. The lowest BCUT2D eigenvalue weighted by atomic mass is 9.77. The zero-order valence-corrected chi connectivity index (χ0v) is 31.1. The molecule has 0 atom stereocenters. The molecule has 2 heterocycles. The Kier molecular flexibility index (Phi) is 11.0. The maximum atomic E-state index is 13.2. The smallest absolute Gasteiger partial charge is 0.359 e. The van der Waals surface area contributed by atoms with Crippen molar-refractivity contribution in [1.29, 1.82) is 0 Å². The van der Waals surface area contributed by atoms with E-state index in [2.05, 4.69) is 41.4 Å². The number of aryl methyl sites for hydroxylation is 1. The predicted octanol–water partition coefficient (Wildman–Crippen LogP) is 8.40.